The van der Waals surface area contributed by atoms with E-state index < -0.39 is 23.8 Å². The molecule has 1 aliphatic carbocycles. The number of amides is 2. The number of carbonyl (C=O) groups is 3. The van der Waals surface area contributed by atoms with Crippen LogP contribution in [0.4, 0.5) is 5.69 Å². The van der Waals surface area contributed by atoms with Crippen molar-refractivity contribution in [2.45, 2.75) is 44.2 Å². The van der Waals surface area contributed by atoms with Gasteiger partial charge in [-0.1, -0.05) is 37.5 Å². The van der Waals surface area contributed by atoms with Crippen molar-refractivity contribution in [3.63, 3.8) is 0 Å². The van der Waals surface area contributed by atoms with Gasteiger partial charge in [-0.05, 0) is 30.9 Å². The van der Waals surface area contributed by atoms with E-state index in [4.69, 9.17) is 4.74 Å². The van der Waals surface area contributed by atoms with Crippen molar-refractivity contribution in [3.05, 3.63) is 30.3 Å². The number of imide groups is 1. The average molecular weight is 356 g/mol. The summed E-state index contributed by atoms with van der Waals surface area (Å²) in [5, 5.41) is 3.30. The highest BCUT2D eigenvalue weighted by Gasteiger charge is 2.62. The molecule has 1 aromatic carbocycles. The summed E-state index contributed by atoms with van der Waals surface area (Å²) < 4.78 is 4.92. The minimum Gasteiger partial charge on any atom is -0.468 e. The Hall–Kier alpha value is -2.21. The second kappa shape index (κ2) is 6.83. The number of rotatable bonds is 3. The van der Waals surface area contributed by atoms with Gasteiger partial charge in [-0.15, -0.1) is 0 Å². The van der Waals surface area contributed by atoms with Crippen LogP contribution in [0.25, 0.3) is 0 Å². The van der Waals surface area contributed by atoms with Crippen LogP contribution in [0.2, 0.25) is 0 Å². The minimum absolute atomic E-state index is 0.144. The highest BCUT2D eigenvalue weighted by molar-refractivity contribution is 6.23. The molecule has 2 aliphatic heterocycles. The lowest BCUT2D eigenvalue weighted by atomic mass is 9.77. The third-order valence-corrected chi connectivity index (χ3v) is 6.14. The van der Waals surface area contributed by atoms with Crippen LogP contribution < -0.4 is 10.2 Å². The molecule has 2 heterocycles. The first-order valence-electron chi connectivity index (χ1n) is 9.40. The molecule has 6 nitrogen and oxygen atoms in total. The molecule has 0 unspecified atom stereocenters. The first-order chi connectivity index (χ1) is 12.6. The Kier molecular flexibility index (Phi) is 4.53. The lowest BCUT2D eigenvalue weighted by molar-refractivity contribution is -0.145. The number of carbonyl (C=O) groups excluding carboxylic acids is 3. The smallest absolute Gasteiger partial charge is 0.323 e. The standard InChI is InChI=1S/C20H24N2O4/c1-26-20(25)17-15-14(16(21-17)12-8-4-2-5-9-12)18(23)22(19(15)24)13-10-6-3-7-11-13/h3,6-7,10-12,14-17,21H,2,4-5,8-9H2,1H3/t14-,15+,16+,17+/m1/s1. The summed E-state index contributed by atoms with van der Waals surface area (Å²) in [7, 11) is 1.32. The maximum absolute atomic E-state index is 13.2. The molecule has 1 aromatic rings. The number of methoxy groups -OCH3 is 1. The first kappa shape index (κ1) is 17.2. The van der Waals surface area contributed by atoms with Crippen LogP contribution in [0.3, 0.4) is 0 Å². The largest absolute Gasteiger partial charge is 0.468 e. The lowest BCUT2D eigenvalue weighted by Crippen LogP contribution is -2.48. The van der Waals surface area contributed by atoms with E-state index >= 15 is 0 Å². The van der Waals surface area contributed by atoms with E-state index in [0.717, 1.165) is 25.7 Å². The fourth-order valence-corrected chi connectivity index (χ4v) is 4.95. The van der Waals surface area contributed by atoms with Gasteiger partial charge in [0.15, 0.2) is 0 Å². The van der Waals surface area contributed by atoms with Gasteiger partial charge in [0.25, 0.3) is 0 Å². The summed E-state index contributed by atoms with van der Waals surface area (Å²) >= 11 is 0. The molecule has 0 aromatic heterocycles. The third-order valence-electron chi connectivity index (χ3n) is 6.14. The fourth-order valence-electron chi connectivity index (χ4n) is 4.95. The molecule has 4 rings (SSSR count). The maximum Gasteiger partial charge on any atom is 0.323 e. The first-order valence-corrected chi connectivity index (χ1v) is 9.40. The van der Waals surface area contributed by atoms with E-state index in [1.54, 1.807) is 24.3 Å². The van der Waals surface area contributed by atoms with Crippen molar-refractivity contribution in [1.82, 2.24) is 5.32 Å². The molecule has 26 heavy (non-hydrogen) atoms. The summed E-state index contributed by atoms with van der Waals surface area (Å²) in [5.41, 5.74) is 0.572. The lowest BCUT2D eigenvalue weighted by Gasteiger charge is -2.31. The number of ether oxygens (including phenoxy) is 1. The molecule has 6 heteroatoms. The van der Waals surface area contributed by atoms with Crippen LogP contribution in [0.15, 0.2) is 30.3 Å². The minimum atomic E-state index is -0.748. The van der Waals surface area contributed by atoms with Crippen molar-refractivity contribution in [2.24, 2.45) is 17.8 Å². The Morgan fingerprint density at radius 3 is 2.35 bits per heavy atom. The van der Waals surface area contributed by atoms with Crippen LogP contribution in [-0.4, -0.2) is 37.0 Å². The number of hydrogen-bond donors (Lipinski definition) is 1. The van der Waals surface area contributed by atoms with Crippen LogP contribution >= 0.6 is 0 Å². The van der Waals surface area contributed by atoms with Crippen LogP contribution in [-0.2, 0) is 19.1 Å². The van der Waals surface area contributed by atoms with Gasteiger partial charge in [0.2, 0.25) is 11.8 Å². The molecule has 0 radical (unpaired) electrons. The van der Waals surface area contributed by atoms with Crippen LogP contribution in [0.5, 0.6) is 0 Å². The molecule has 0 spiro atoms. The molecule has 4 atom stereocenters. The zero-order valence-corrected chi connectivity index (χ0v) is 14.9. The van der Waals surface area contributed by atoms with Gasteiger partial charge in [0.1, 0.15) is 6.04 Å². The zero-order chi connectivity index (χ0) is 18.3. The average Bonchev–Trinajstić information content (AvgIpc) is 3.20. The van der Waals surface area contributed by atoms with E-state index in [0.29, 0.717) is 11.6 Å². The van der Waals surface area contributed by atoms with Crippen molar-refractivity contribution < 1.29 is 19.1 Å². The van der Waals surface area contributed by atoms with Crippen molar-refractivity contribution >= 4 is 23.5 Å². The van der Waals surface area contributed by atoms with Crippen molar-refractivity contribution in [1.29, 1.82) is 0 Å². The van der Waals surface area contributed by atoms with Gasteiger partial charge in [-0.2, -0.15) is 0 Å². The molecule has 2 amide bonds. The summed E-state index contributed by atoms with van der Waals surface area (Å²) in [4.78, 5) is 39.9. The number of nitrogens with zero attached hydrogens (tertiary/aromatic N) is 1. The van der Waals surface area contributed by atoms with Gasteiger partial charge < -0.3 is 4.74 Å². The molecule has 0 bridgehead atoms. The number of fused-ring (bicyclic) bond motifs is 1. The highest BCUT2D eigenvalue weighted by atomic mass is 16.5. The second-order valence-electron chi connectivity index (χ2n) is 7.49. The Morgan fingerprint density at radius 1 is 1.04 bits per heavy atom. The second-order valence-corrected chi connectivity index (χ2v) is 7.49. The highest BCUT2D eigenvalue weighted by Crippen LogP contribution is 2.44. The van der Waals surface area contributed by atoms with E-state index in [1.165, 1.54) is 18.4 Å². The molecule has 1 N–H and O–H groups in total. The number of nitrogens with one attached hydrogen (secondary N) is 1. The molecular weight excluding hydrogens is 332 g/mol. The van der Waals surface area contributed by atoms with Gasteiger partial charge >= 0.3 is 5.97 Å². The summed E-state index contributed by atoms with van der Waals surface area (Å²) in [6.07, 6.45) is 5.53. The third kappa shape index (κ3) is 2.63. The van der Waals surface area contributed by atoms with E-state index in [-0.39, 0.29) is 17.9 Å². The number of benzene rings is 1. The van der Waals surface area contributed by atoms with Crippen LogP contribution in [0.1, 0.15) is 32.1 Å². The maximum atomic E-state index is 13.2. The Balaban J connectivity index is 1.70. The van der Waals surface area contributed by atoms with Gasteiger partial charge in [0.05, 0.1) is 24.6 Å². The SMILES string of the molecule is COC(=O)[C@H]1N[C@@H](C2CCCCC2)[C@@H]2C(=O)N(c3ccccc3)C(=O)[C@@H]21. The quantitative estimate of drug-likeness (QED) is 0.661. The molecule has 3 fully saturated rings. The van der Waals surface area contributed by atoms with Gasteiger partial charge in [-0.3, -0.25) is 19.7 Å². The van der Waals surface area contributed by atoms with E-state index in [1.807, 2.05) is 6.07 Å². The number of esters is 1. The zero-order valence-electron chi connectivity index (χ0n) is 14.9. The summed E-state index contributed by atoms with van der Waals surface area (Å²) in [6, 6.07) is 8.08. The number of anilines is 1. The number of para-hydroxylation sites is 1. The van der Waals surface area contributed by atoms with Crippen molar-refractivity contribution in [3.8, 4) is 0 Å². The van der Waals surface area contributed by atoms with Crippen molar-refractivity contribution in [2.75, 3.05) is 12.0 Å². The molecule has 2 saturated heterocycles. The van der Waals surface area contributed by atoms with Gasteiger partial charge in [-0.25, -0.2) is 4.90 Å². The van der Waals surface area contributed by atoms with Crippen LogP contribution in [0, 0.1) is 17.8 Å². The Bertz CT molecular complexity index is 714. The summed E-state index contributed by atoms with van der Waals surface area (Å²) in [6.45, 7) is 0. The fraction of sp³-hybridized carbons (Fsp3) is 0.550. The summed E-state index contributed by atoms with van der Waals surface area (Å²) in [5.74, 6) is -1.81. The Morgan fingerprint density at radius 2 is 1.69 bits per heavy atom. The predicted octanol–water partition coefficient (Wildman–Crippen LogP) is 1.89. The Labute approximate surface area is 152 Å². The van der Waals surface area contributed by atoms with E-state index in [9.17, 15) is 14.4 Å². The predicted molar refractivity (Wildman–Crippen MR) is 95.2 cm³/mol. The molecule has 1 saturated carbocycles. The van der Waals surface area contributed by atoms with Gasteiger partial charge in [0, 0.05) is 6.04 Å². The molecule has 138 valence electrons. The monoisotopic (exact) mass is 356 g/mol. The molecule has 3 aliphatic rings. The topological polar surface area (TPSA) is 75.7 Å². The number of hydrogen-bond acceptors (Lipinski definition) is 5. The molecular formula is C20H24N2O4. The van der Waals surface area contributed by atoms with E-state index in [2.05, 4.69) is 5.32 Å². The normalized spacial score (nSPS) is 32.0.